The number of para-hydroxylation sites is 1. The molecule has 1 aromatic carbocycles. The van der Waals surface area contributed by atoms with Crippen LogP contribution in [0.5, 0.6) is 0 Å². The molecule has 3 aromatic rings. The number of carbonyl (C=O) groups excluding carboxylic acids is 1. The Labute approximate surface area is 199 Å². The molecule has 0 saturated carbocycles. The molecule has 34 heavy (non-hydrogen) atoms. The summed E-state index contributed by atoms with van der Waals surface area (Å²) < 4.78 is 5.45. The second-order valence-corrected chi connectivity index (χ2v) is 9.04. The number of carbonyl (C=O) groups is 1. The van der Waals surface area contributed by atoms with Crippen LogP contribution in [0.3, 0.4) is 0 Å². The highest BCUT2D eigenvalue weighted by Crippen LogP contribution is 2.21. The van der Waals surface area contributed by atoms with Gasteiger partial charge in [-0.1, -0.05) is 18.2 Å². The molecule has 2 fully saturated rings. The number of nitrogens with zero attached hydrogens (tertiary/aromatic N) is 3. The van der Waals surface area contributed by atoms with E-state index in [1.54, 1.807) is 12.4 Å². The van der Waals surface area contributed by atoms with Gasteiger partial charge in [-0.15, -0.1) is 0 Å². The van der Waals surface area contributed by atoms with Crippen molar-refractivity contribution in [3.63, 3.8) is 0 Å². The van der Waals surface area contributed by atoms with Crippen LogP contribution in [-0.4, -0.2) is 53.4 Å². The summed E-state index contributed by atoms with van der Waals surface area (Å²) in [5.74, 6) is 0.935. The number of nitrogens with one attached hydrogen (secondary N) is 3. The number of hydrogen-bond acceptors (Lipinski definition) is 7. The third kappa shape index (κ3) is 5.55. The molecule has 1 unspecified atom stereocenters. The normalized spacial score (nSPS) is 19.4. The molecule has 0 spiro atoms. The number of rotatable bonds is 8. The van der Waals surface area contributed by atoms with E-state index in [0.29, 0.717) is 24.0 Å². The van der Waals surface area contributed by atoms with Crippen LogP contribution in [0.4, 0.5) is 5.95 Å². The van der Waals surface area contributed by atoms with E-state index < -0.39 is 0 Å². The number of piperidine rings is 1. The van der Waals surface area contributed by atoms with Crippen molar-refractivity contribution in [1.29, 1.82) is 0 Å². The number of benzene rings is 1. The van der Waals surface area contributed by atoms with E-state index in [4.69, 9.17) is 9.57 Å². The van der Waals surface area contributed by atoms with Crippen LogP contribution in [0.2, 0.25) is 0 Å². The Morgan fingerprint density at radius 1 is 1.15 bits per heavy atom. The highest BCUT2D eigenvalue weighted by molar-refractivity contribution is 5.92. The first-order valence-electron chi connectivity index (χ1n) is 12.2. The molecular weight excluding hydrogens is 432 g/mol. The van der Waals surface area contributed by atoms with E-state index in [9.17, 15) is 4.79 Å². The average Bonchev–Trinajstić information content (AvgIpc) is 3.31. The van der Waals surface area contributed by atoms with Crippen molar-refractivity contribution in [3.8, 4) is 0 Å². The quantitative estimate of drug-likeness (QED) is 0.440. The fourth-order valence-electron chi connectivity index (χ4n) is 4.61. The Morgan fingerprint density at radius 2 is 1.97 bits per heavy atom. The molecule has 2 saturated heterocycles. The zero-order chi connectivity index (χ0) is 23.2. The van der Waals surface area contributed by atoms with Crippen LogP contribution in [0.25, 0.3) is 10.9 Å². The second kappa shape index (κ2) is 10.9. The number of fused-ring (bicyclic) bond motifs is 1. The fourth-order valence-corrected chi connectivity index (χ4v) is 4.61. The minimum atomic E-state index is -0.379. The maximum absolute atomic E-state index is 12.3. The summed E-state index contributed by atoms with van der Waals surface area (Å²) >= 11 is 0. The van der Waals surface area contributed by atoms with Crippen molar-refractivity contribution in [2.45, 2.75) is 44.9 Å². The van der Waals surface area contributed by atoms with Crippen molar-refractivity contribution in [2.75, 3.05) is 31.1 Å². The molecule has 2 aromatic heterocycles. The smallest absolute Gasteiger partial charge is 0.278 e. The Kier molecular flexibility index (Phi) is 7.33. The van der Waals surface area contributed by atoms with Gasteiger partial charge in [0.15, 0.2) is 6.29 Å². The predicted molar refractivity (Wildman–Crippen MR) is 129 cm³/mol. The molecule has 180 valence electrons. The number of anilines is 1. The van der Waals surface area contributed by atoms with E-state index in [-0.39, 0.29) is 12.2 Å². The van der Waals surface area contributed by atoms with E-state index in [1.165, 1.54) is 16.5 Å². The molecule has 4 heterocycles. The predicted octanol–water partition coefficient (Wildman–Crippen LogP) is 3.15. The number of ether oxygens (including phenoxy) is 1. The topological polar surface area (TPSA) is 104 Å². The van der Waals surface area contributed by atoms with Gasteiger partial charge in [0.25, 0.3) is 5.91 Å². The Hall–Kier alpha value is -3.01. The monoisotopic (exact) mass is 464 g/mol. The minimum Gasteiger partial charge on any atom is -0.361 e. The molecule has 0 radical (unpaired) electrons. The third-order valence-electron chi connectivity index (χ3n) is 6.64. The highest BCUT2D eigenvalue weighted by Gasteiger charge is 2.22. The van der Waals surface area contributed by atoms with Gasteiger partial charge in [0.1, 0.15) is 0 Å². The van der Waals surface area contributed by atoms with Gasteiger partial charge in [0.05, 0.1) is 5.56 Å². The molecule has 9 nitrogen and oxygen atoms in total. The number of aromatic amines is 1. The summed E-state index contributed by atoms with van der Waals surface area (Å²) in [5.41, 5.74) is 5.31. The summed E-state index contributed by atoms with van der Waals surface area (Å²) in [6.45, 7) is 4.35. The molecule has 0 aliphatic carbocycles. The van der Waals surface area contributed by atoms with Crippen LogP contribution < -0.4 is 15.7 Å². The first-order chi connectivity index (χ1) is 16.8. The SMILES string of the molecule is O=C(NOC1CCCCO1)c1cnc(N2CCC(CNCc3c[nH]c4ccccc34)CC2)nc1. The summed E-state index contributed by atoms with van der Waals surface area (Å²) in [6.07, 6.45) is 9.84. The van der Waals surface area contributed by atoms with Gasteiger partial charge in [-0.05, 0) is 49.8 Å². The Morgan fingerprint density at radius 3 is 2.76 bits per heavy atom. The van der Waals surface area contributed by atoms with Crippen LogP contribution >= 0.6 is 0 Å². The number of amides is 1. The second-order valence-electron chi connectivity index (χ2n) is 9.04. The summed E-state index contributed by atoms with van der Waals surface area (Å²) in [4.78, 5) is 32.0. The highest BCUT2D eigenvalue weighted by atomic mass is 16.8. The summed E-state index contributed by atoms with van der Waals surface area (Å²) in [7, 11) is 0. The zero-order valence-corrected chi connectivity index (χ0v) is 19.3. The lowest BCUT2D eigenvalue weighted by molar-refractivity contribution is -0.186. The fraction of sp³-hybridized carbons (Fsp3) is 0.480. The van der Waals surface area contributed by atoms with Gasteiger partial charge in [-0.2, -0.15) is 0 Å². The summed E-state index contributed by atoms with van der Waals surface area (Å²) in [5, 5.41) is 4.91. The van der Waals surface area contributed by atoms with Crippen molar-refractivity contribution in [1.82, 2.24) is 25.7 Å². The molecular formula is C25H32N6O3. The van der Waals surface area contributed by atoms with E-state index >= 15 is 0 Å². The Bertz CT molecular complexity index is 1070. The number of aromatic nitrogens is 3. The number of hydrogen-bond donors (Lipinski definition) is 3. The van der Waals surface area contributed by atoms with Gasteiger partial charge in [0.2, 0.25) is 5.95 Å². The molecule has 3 N–H and O–H groups in total. The maximum atomic E-state index is 12.3. The Balaban J connectivity index is 1.04. The maximum Gasteiger partial charge on any atom is 0.278 e. The van der Waals surface area contributed by atoms with Gasteiger partial charge >= 0.3 is 0 Å². The van der Waals surface area contributed by atoms with Crippen molar-refractivity contribution >= 4 is 22.8 Å². The van der Waals surface area contributed by atoms with Crippen LogP contribution in [-0.2, 0) is 16.1 Å². The van der Waals surface area contributed by atoms with Crippen LogP contribution in [0.1, 0.15) is 48.0 Å². The molecule has 0 bridgehead atoms. The van der Waals surface area contributed by atoms with Gasteiger partial charge in [-0.3, -0.25) is 4.79 Å². The van der Waals surface area contributed by atoms with E-state index in [0.717, 1.165) is 58.3 Å². The standard InChI is InChI=1S/C25H32N6O3/c32-24(30-34-23-7-3-4-12-33-23)20-16-28-25(29-17-20)31-10-8-18(9-11-31)13-26-14-19-15-27-22-6-2-1-5-21(19)22/h1-2,5-6,15-18,23,26-27H,3-4,7-14H2,(H,30,32). The van der Waals surface area contributed by atoms with Crippen molar-refractivity contribution in [2.24, 2.45) is 5.92 Å². The molecule has 2 aliphatic rings. The average molecular weight is 465 g/mol. The number of H-pyrrole nitrogens is 1. The van der Waals surface area contributed by atoms with Gasteiger partial charge in [-0.25, -0.2) is 20.3 Å². The lowest BCUT2D eigenvalue weighted by Gasteiger charge is -2.32. The summed E-state index contributed by atoms with van der Waals surface area (Å²) in [6, 6.07) is 8.40. The zero-order valence-electron chi connectivity index (χ0n) is 19.3. The van der Waals surface area contributed by atoms with Crippen molar-refractivity contribution in [3.05, 3.63) is 54.0 Å². The van der Waals surface area contributed by atoms with E-state index in [2.05, 4.69) is 61.1 Å². The molecule has 1 amide bonds. The molecule has 2 aliphatic heterocycles. The van der Waals surface area contributed by atoms with Gasteiger partial charge in [0, 0.05) is 62.2 Å². The van der Waals surface area contributed by atoms with E-state index in [1.807, 2.05) is 0 Å². The van der Waals surface area contributed by atoms with Crippen molar-refractivity contribution < 1.29 is 14.4 Å². The van der Waals surface area contributed by atoms with Crippen LogP contribution in [0.15, 0.2) is 42.9 Å². The third-order valence-corrected chi connectivity index (χ3v) is 6.64. The minimum absolute atomic E-state index is 0.360. The largest absolute Gasteiger partial charge is 0.361 e. The molecule has 9 heteroatoms. The first kappa shape index (κ1) is 22.8. The van der Waals surface area contributed by atoms with Gasteiger partial charge < -0.3 is 19.9 Å². The lowest BCUT2D eigenvalue weighted by atomic mass is 9.97. The lowest BCUT2D eigenvalue weighted by Crippen LogP contribution is -2.38. The first-order valence-corrected chi connectivity index (χ1v) is 12.2. The number of hydroxylamine groups is 1. The molecule has 1 atom stereocenters. The van der Waals surface area contributed by atoms with Crippen LogP contribution in [0, 0.1) is 5.92 Å². The molecule has 5 rings (SSSR count).